The minimum Gasteiger partial charge on any atom is -0.369 e. The van der Waals surface area contributed by atoms with Gasteiger partial charge in [0.05, 0.1) is 12.2 Å². The van der Waals surface area contributed by atoms with Crippen LogP contribution in [0.4, 0.5) is 0 Å². The van der Waals surface area contributed by atoms with E-state index < -0.39 is 0 Å². The number of benzene rings is 2. The minimum atomic E-state index is -0.277. The fourth-order valence-electron chi connectivity index (χ4n) is 4.00. The topological polar surface area (TPSA) is 81.2 Å². The molecule has 1 aliphatic heterocycles. The molecule has 0 spiro atoms. The lowest BCUT2D eigenvalue weighted by molar-refractivity contribution is -0.130. The van der Waals surface area contributed by atoms with E-state index in [4.69, 9.17) is 10.8 Å². The van der Waals surface area contributed by atoms with Crippen LogP contribution in [0.1, 0.15) is 29.5 Å². The summed E-state index contributed by atoms with van der Waals surface area (Å²) in [7, 11) is 0. The van der Waals surface area contributed by atoms with Gasteiger partial charge in [-0.05, 0) is 31.4 Å². The molecule has 4 rings (SSSR count). The van der Waals surface area contributed by atoms with Crippen molar-refractivity contribution in [2.24, 2.45) is 11.7 Å². The highest BCUT2D eigenvalue weighted by atomic mass is 16.2. The van der Waals surface area contributed by atoms with E-state index in [0.717, 1.165) is 22.4 Å². The zero-order valence-electron chi connectivity index (χ0n) is 18.3. The van der Waals surface area contributed by atoms with E-state index in [1.807, 2.05) is 35.2 Å². The molecular weight excluding hydrogens is 400 g/mol. The van der Waals surface area contributed by atoms with Gasteiger partial charge < -0.3 is 10.6 Å². The number of nitrogens with zero attached hydrogens (tertiary/aromatic N) is 3. The number of likely N-dealkylation sites (tertiary alicyclic amines) is 1. The second kappa shape index (κ2) is 9.64. The third kappa shape index (κ3) is 5.14. The SMILES string of the molecule is Cc1ccc(-c2nn(Cc3ccccc3)cc2/C=C/C(=O)N2CCC(C(N)=O)CC2)cc1. The normalized spacial score (nSPS) is 14.7. The van der Waals surface area contributed by atoms with Crippen LogP contribution in [-0.2, 0) is 16.1 Å². The lowest BCUT2D eigenvalue weighted by Gasteiger charge is -2.29. The van der Waals surface area contributed by atoms with Gasteiger partial charge in [-0.1, -0.05) is 60.2 Å². The molecule has 2 aromatic carbocycles. The number of amides is 2. The zero-order chi connectivity index (χ0) is 22.5. The average molecular weight is 429 g/mol. The van der Waals surface area contributed by atoms with Crippen LogP contribution < -0.4 is 5.73 Å². The van der Waals surface area contributed by atoms with Crippen LogP contribution in [0.3, 0.4) is 0 Å². The molecule has 32 heavy (non-hydrogen) atoms. The molecule has 0 saturated carbocycles. The van der Waals surface area contributed by atoms with Gasteiger partial charge in [0, 0.05) is 42.4 Å². The summed E-state index contributed by atoms with van der Waals surface area (Å²) in [4.78, 5) is 25.9. The number of hydrogen-bond acceptors (Lipinski definition) is 3. The zero-order valence-corrected chi connectivity index (χ0v) is 18.3. The van der Waals surface area contributed by atoms with E-state index in [1.54, 1.807) is 11.0 Å². The molecule has 0 aliphatic carbocycles. The quantitative estimate of drug-likeness (QED) is 0.609. The van der Waals surface area contributed by atoms with Gasteiger partial charge in [0.2, 0.25) is 11.8 Å². The van der Waals surface area contributed by atoms with Gasteiger partial charge in [0.15, 0.2) is 0 Å². The van der Waals surface area contributed by atoms with Crippen molar-refractivity contribution in [2.45, 2.75) is 26.3 Å². The van der Waals surface area contributed by atoms with E-state index in [0.29, 0.717) is 32.5 Å². The number of carbonyl (C=O) groups is 2. The van der Waals surface area contributed by atoms with Crippen LogP contribution in [0.5, 0.6) is 0 Å². The minimum absolute atomic E-state index is 0.0569. The van der Waals surface area contributed by atoms with Crippen LogP contribution >= 0.6 is 0 Å². The first-order chi connectivity index (χ1) is 15.5. The van der Waals surface area contributed by atoms with E-state index in [1.165, 1.54) is 5.56 Å². The molecule has 1 aromatic heterocycles. The fourth-order valence-corrected chi connectivity index (χ4v) is 4.00. The van der Waals surface area contributed by atoms with Crippen LogP contribution in [0.2, 0.25) is 0 Å². The summed E-state index contributed by atoms with van der Waals surface area (Å²) in [5, 5.41) is 4.81. The molecular formula is C26H28N4O2. The molecule has 2 heterocycles. The molecule has 0 bridgehead atoms. The molecule has 2 amide bonds. The monoisotopic (exact) mass is 428 g/mol. The summed E-state index contributed by atoms with van der Waals surface area (Å²) < 4.78 is 1.91. The first-order valence-corrected chi connectivity index (χ1v) is 10.9. The van der Waals surface area contributed by atoms with Crippen molar-refractivity contribution in [3.63, 3.8) is 0 Å². The Morgan fingerprint density at radius 3 is 2.41 bits per heavy atom. The summed E-state index contributed by atoms with van der Waals surface area (Å²) >= 11 is 0. The third-order valence-electron chi connectivity index (χ3n) is 5.92. The smallest absolute Gasteiger partial charge is 0.246 e. The molecule has 0 unspecified atom stereocenters. The number of piperidine rings is 1. The van der Waals surface area contributed by atoms with Crippen LogP contribution in [0.25, 0.3) is 17.3 Å². The molecule has 1 aliphatic rings. The lowest BCUT2D eigenvalue weighted by Crippen LogP contribution is -2.41. The summed E-state index contributed by atoms with van der Waals surface area (Å²) in [5.74, 6) is -0.466. The van der Waals surface area contributed by atoms with Gasteiger partial charge in [-0.25, -0.2) is 0 Å². The standard InChI is InChI=1S/C26H28N4O2/c1-19-7-9-21(10-8-19)25-23(18-30(28-25)17-20-5-3-2-4-6-20)11-12-24(31)29-15-13-22(14-16-29)26(27)32/h2-12,18,22H,13-17H2,1H3,(H2,27,32)/b12-11+. The van der Waals surface area contributed by atoms with Crippen molar-refractivity contribution in [1.82, 2.24) is 14.7 Å². The lowest BCUT2D eigenvalue weighted by atomic mass is 9.96. The Labute approximate surface area is 188 Å². The molecule has 1 saturated heterocycles. The summed E-state index contributed by atoms with van der Waals surface area (Å²) in [6.07, 6.45) is 6.67. The van der Waals surface area contributed by atoms with Gasteiger partial charge >= 0.3 is 0 Å². The van der Waals surface area contributed by atoms with Crippen LogP contribution in [0, 0.1) is 12.8 Å². The Balaban J connectivity index is 1.55. The number of primary amides is 1. The number of carbonyl (C=O) groups excluding carboxylic acids is 2. The van der Waals surface area contributed by atoms with Crippen LogP contribution in [0.15, 0.2) is 66.9 Å². The molecule has 164 valence electrons. The van der Waals surface area contributed by atoms with E-state index >= 15 is 0 Å². The van der Waals surface area contributed by atoms with Crippen molar-refractivity contribution in [1.29, 1.82) is 0 Å². The van der Waals surface area contributed by atoms with Gasteiger partial charge in [-0.2, -0.15) is 5.10 Å². The third-order valence-corrected chi connectivity index (χ3v) is 5.92. The predicted octanol–water partition coefficient (Wildman–Crippen LogP) is 3.64. The van der Waals surface area contributed by atoms with Gasteiger partial charge in [-0.3, -0.25) is 14.3 Å². The summed E-state index contributed by atoms with van der Waals surface area (Å²) in [6, 6.07) is 18.4. The Hall–Kier alpha value is -3.67. The maximum atomic E-state index is 12.7. The molecule has 0 atom stereocenters. The summed E-state index contributed by atoms with van der Waals surface area (Å²) in [5.41, 5.74) is 10.5. The number of aryl methyl sites for hydroxylation is 1. The number of hydrogen-bond donors (Lipinski definition) is 1. The average Bonchev–Trinajstić information content (AvgIpc) is 3.21. The van der Waals surface area contributed by atoms with Crippen molar-refractivity contribution in [3.05, 3.63) is 83.6 Å². The van der Waals surface area contributed by atoms with Gasteiger partial charge in [0.1, 0.15) is 0 Å². The molecule has 6 nitrogen and oxygen atoms in total. The largest absolute Gasteiger partial charge is 0.369 e. The van der Waals surface area contributed by atoms with Crippen LogP contribution in [-0.4, -0.2) is 39.6 Å². The van der Waals surface area contributed by atoms with E-state index in [-0.39, 0.29) is 17.7 Å². The highest BCUT2D eigenvalue weighted by Gasteiger charge is 2.24. The van der Waals surface area contributed by atoms with Crippen molar-refractivity contribution in [2.75, 3.05) is 13.1 Å². The predicted molar refractivity (Wildman–Crippen MR) is 125 cm³/mol. The van der Waals surface area contributed by atoms with Crippen molar-refractivity contribution in [3.8, 4) is 11.3 Å². The Bertz CT molecular complexity index is 1110. The Kier molecular flexibility index (Phi) is 6.50. The molecule has 1 fully saturated rings. The molecule has 2 N–H and O–H groups in total. The first kappa shape index (κ1) is 21.6. The molecule has 3 aromatic rings. The highest BCUT2D eigenvalue weighted by molar-refractivity contribution is 5.93. The number of nitrogens with two attached hydrogens (primary N) is 1. The van der Waals surface area contributed by atoms with Crippen molar-refractivity contribution >= 4 is 17.9 Å². The Morgan fingerprint density at radius 1 is 1.06 bits per heavy atom. The highest BCUT2D eigenvalue weighted by Crippen LogP contribution is 2.25. The molecule has 6 heteroatoms. The second-order valence-electron chi connectivity index (χ2n) is 8.32. The van der Waals surface area contributed by atoms with Gasteiger partial charge in [-0.15, -0.1) is 0 Å². The maximum absolute atomic E-state index is 12.7. The van der Waals surface area contributed by atoms with E-state index in [2.05, 4.69) is 43.3 Å². The first-order valence-electron chi connectivity index (χ1n) is 10.9. The molecule has 0 radical (unpaired) electrons. The fraction of sp³-hybridized carbons (Fsp3) is 0.269. The van der Waals surface area contributed by atoms with Gasteiger partial charge in [0.25, 0.3) is 0 Å². The summed E-state index contributed by atoms with van der Waals surface area (Å²) in [6.45, 7) is 3.81. The van der Waals surface area contributed by atoms with Crippen molar-refractivity contribution < 1.29 is 9.59 Å². The second-order valence-corrected chi connectivity index (χ2v) is 8.32. The number of rotatable bonds is 6. The van der Waals surface area contributed by atoms with E-state index in [9.17, 15) is 9.59 Å². The number of aromatic nitrogens is 2. The maximum Gasteiger partial charge on any atom is 0.246 e. The Morgan fingerprint density at radius 2 is 1.75 bits per heavy atom.